The molecule has 0 saturated carbocycles. The second kappa shape index (κ2) is 14.7. The van der Waals surface area contributed by atoms with Crippen molar-refractivity contribution in [2.75, 3.05) is 32.7 Å². The van der Waals surface area contributed by atoms with E-state index in [0.29, 0.717) is 19.6 Å². The smallest absolute Gasteiger partial charge is 0.312 e. The number of nitrogens with one attached hydrogen (secondary N) is 2. The van der Waals surface area contributed by atoms with Gasteiger partial charge in [0.15, 0.2) is 0 Å². The molecular weight excluding hydrogens is 506 g/mol. The molecule has 0 aromatic heterocycles. The Bertz CT molecular complexity index is 1130. The molecule has 3 N–H and O–H groups in total. The zero-order valence-corrected chi connectivity index (χ0v) is 22.6. The lowest BCUT2D eigenvalue weighted by Gasteiger charge is -2.34. The van der Waals surface area contributed by atoms with Gasteiger partial charge in [-0.05, 0) is 48.1 Å². The zero-order chi connectivity index (χ0) is 28.4. The molecule has 39 heavy (non-hydrogen) atoms. The summed E-state index contributed by atoms with van der Waals surface area (Å²) in [6, 6.07) is 10.2. The van der Waals surface area contributed by atoms with E-state index in [1.54, 1.807) is 0 Å². The molecular formula is C29H38F2N4O4. The molecule has 0 bridgehead atoms. The molecule has 212 valence electrons. The van der Waals surface area contributed by atoms with Crippen LogP contribution in [0.5, 0.6) is 0 Å². The van der Waals surface area contributed by atoms with E-state index in [1.165, 1.54) is 15.4 Å². The Morgan fingerprint density at radius 1 is 0.974 bits per heavy atom. The summed E-state index contributed by atoms with van der Waals surface area (Å²) in [7, 11) is 0. The average molecular weight is 545 g/mol. The minimum atomic E-state index is -1.10. The van der Waals surface area contributed by atoms with Gasteiger partial charge in [0.1, 0.15) is 18.2 Å². The first kappa shape index (κ1) is 30.2. The number of benzene rings is 2. The standard InChI is InChI=1S/C29H38F2N4O4/c1-3-5-9-34-10-11-35(29(39)28(34)38)19-27(37)33-25(15-22-13-23(30)16-24(31)14-22)26(36)18-32-17-21-8-6-7-20(4-2)12-21/h6-8,12-14,16,25-26,32,36H,3-5,9-11,15,17-19H2,1-2H3,(H,33,37)/t25-,26-/m0/s1. The largest absolute Gasteiger partial charge is 0.390 e. The van der Waals surface area contributed by atoms with Crippen LogP contribution >= 0.6 is 0 Å². The molecule has 10 heteroatoms. The molecule has 2 aromatic rings. The van der Waals surface area contributed by atoms with Crippen LogP contribution in [0.4, 0.5) is 8.78 Å². The average Bonchev–Trinajstić information content (AvgIpc) is 2.90. The number of aliphatic hydroxyl groups excluding tert-OH is 1. The molecule has 1 fully saturated rings. The first-order valence-electron chi connectivity index (χ1n) is 13.5. The van der Waals surface area contributed by atoms with Crippen LogP contribution in [0.3, 0.4) is 0 Å². The fourth-order valence-corrected chi connectivity index (χ4v) is 4.59. The fourth-order valence-electron chi connectivity index (χ4n) is 4.59. The highest BCUT2D eigenvalue weighted by Gasteiger charge is 2.33. The lowest BCUT2D eigenvalue weighted by molar-refractivity contribution is -0.157. The van der Waals surface area contributed by atoms with Gasteiger partial charge in [-0.1, -0.05) is 44.5 Å². The van der Waals surface area contributed by atoms with Gasteiger partial charge >= 0.3 is 11.8 Å². The number of halogens is 2. The molecule has 2 aromatic carbocycles. The highest BCUT2D eigenvalue weighted by Crippen LogP contribution is 2.13. The minimum absolute atomic E-state index is 0.0355. The van der Waals surface area contributed by atoms with Crippen LogP contribution in [0.15, 0.2) is 42.5 Å². The van der Waals surface area contributed by atoms with Crippen molar-refractivity contribution in [2.45, 2.75) is 58.2 Å². The summed E-state index contributed by atoms with van der Waals surface area (Å²) in [5.41, 5.74) is 2.49. The number of nitrogens with zero attached hydrogens (tertiary/aromatic N) is 2. The Morgan fingerprint density at radius 2 is 1.64 bits per heavy atom. The van der Waals surface area contributed by atoms with Crippen LogP contribution in [-0.4, -0.2) is 77.5 Å². The van der Waals surface area contributed by atoms with Crippen LogP contribution < -0.4 is 10.6 Å². The normalized spacial score (nSPS) is 15.4. The third kappa shape index (κ3) is 9.11. The van der Waals surface area contributed by atoms with Gasteiger partial charge in [-0.15, -0.1) is 0 Å². The van der Waals surface area contributed by atoms with Crippen LogP contribution in [0.25, 0.3) is 0 Å². The van der Waals surface area contributed by atoms with E-state index in [1.807, 2.05) is 25.1 Å². The maximum atomic E-state index is 13.8. The lowest BCUT2D eigenvalue weighted by Crippen LogP contribution is -2.57. The second-order valence-corrected chi connectivity index (χ2v) is 9.90. The molecule has 0 radical (unpaired) electrons. The van der Waals surface area contributed by atoms with Crippen LogP contribution in [-0.2, 0) is 33.8 Å². The van der Waals surface area contributed by atoms with E-state index in [2.05, 4.69) is 23.6 Å². The highest BCUT2D eigenvalue weighted by molar-refractivity contribution is 6.35. The van der Waals surface area contributed by atoms with Gasteiger partial charge in [0.05, 0.1) is 12.1 Å². The summed E-state index contributed by atoms with van der Waals surface area (Å²) in [6.07, 6.45) is 1.45. The van der Waals surface area contributed by atoms with Crippen LogP contribution in [0, 0.1) is 11.6 Å². The van der Waals surface area contributed by atoms with Crippen molar-refractivity contribution in [3.8, 4) is 0 Å². The Balaban J connectivity index is 1.64. The Morgan fingerprint density at radius 3 is 2.33 bits per heavy atom. The number of aryl methyl sites for hydroxylation is 1. The van der Waals surface area contributed by atoms with Crippen LogP contribution in [0.2, 0.25) is 0 Å². The number of hydrogen-bond acceptors (Lipinski definition) is 5. The topological polar surface area (TPSA) is 102 Å². The lowest BCUT2D eigenvalue weighted by atomic mass is 10.0. The predicted molar refractivity (Wildman–Crippen MR) is 144 cm³/mol. The Hall–Kier alpha value is -3.37. The predicted octanol–water partition coefficient (Wildman–Crippen LogP) is 2.18. The van der Waals surface area contributed by atoms with Gasteiger partial charge in [-0.25, -0.2) is 8.78 Å². The Labute approximate surface area is 228 Å². The Kier molecular flexibility index (Phi) is 11.4. The highest BCUT2D eigenvalue weighted by atomic mass is 19.1. The van der Waals surface area contributed by atoms with E-state index < -0.39 is 41.5 Å². The van der Waals surface area contributed by atoms with E-state index in [-0.39, 0.29) is 31.6 Å². The molecule has 8 nitrogen and oxygen atoms in total. The van der Waals surface area contributed by atoms with Crippen molar-refractivity contribution in [1.82, 2.24) is 20.4 Å². The molecule has 0 aliphatic carbocycles. The molecule has 3 amide bonds. The molecule has 0 unspecified atom stereocenters. The molecule has 1 saturated heterocycles. The number of hydrogen-bond donors (Lipinski definition) is 3. The molecule has 3 rings (SSSR count). The van der Waals surface area contributed by atoms with Crippen molar-refractivity contribution in [1.29, 1.82) is 0 Å². The van der Waals surface area contributed by atoms with Crippen molar-refractivity contribution < 1.29 is 28.3 Å². The summed E-state index contributed by atoms with van der Waals surface area (Å²) >= 11 is 0. The fraction of sp³-hybridized carbons (Fsp3) is 0.483. The maximum absolute atomic E-state index is 13.8. The van der Waals surface area contributed by atoms with E-state index >= 15 is 0 Å². The summed E-state index contributed by atoms with van der Waals surface area (Å²) < 4.78 is 27.6. The number of piperazine rings is 1. The number of carbonyl (C=O) groups excluding carboxylic acids is 3. The number of carbonyl (C=O) groups is 3. The van der Waals surface area contributed by atoms with E-state index in [4.69, 9.17) is 0 Å². The third-order valence-corrected chi connectivity index (χ3v) is 6.78. The van der Waals surface area contributed by atoms with Crippen LogP contribution in [0.1, 0.15) is 43.4 Å². The van der Waals surface area contributed by atoms with Crippen molar-refractivity contribution in [3.63, 3.8) is 0 Å². The number of unbranched alkanes of at least 4 members (excludes halogenated alkanes) is 1. The molecule has 1 aliphatic heterocycles. The van der Waals surface area contributed by atoms with Gasteiger partial charge in [-0.2, -0.15) is 0 Å². The zero-order valence-electron chi connectivity index (χ0n) is 22.6. The first-order valence-corrected chi connectivity index (χ1v) is 13.5. The SMILES string of the molecule is CCCCN1CCN(CC(=O)N[C@@H](Cc2cc(F)cc(F)c2)[C@@H](O)CNCc2cccc(CC)c2)C(=O)C1=O. The van der Waals surface area contributed by atoms with E-state index in [0.717, 1.165) is 43.0 Å². The molecule has 1 heterocycles. The number of rotatable bonds is 14. The van der Waals surface area contributed by atoms with E-state index in [9.17, 15) is 28.3 Å². The van der Waals surface area contributed by atoms with Crippen molar-refractivity contribution in [2.24, 2.45) is 0 Å². The minimum Gasteiger partial charge on any atom is -0.390 e. The van der Waals surface area contributed by atoms with Gasteiger partial charge in [-0.3, -0.25) is 14.4 Å². The summed E-state index contributed by atoms with van der Waals surface area (Å²) in [5.74, 6) is -3.47. The van der Waals surface area contributed by atoms with Gasteiger partial charge < -0.3 is 25.5 Å². The third-order valence-electron chi connectivity index (χ3n) is 6.78. The quantitative estimate of drug-likeness (QED) is 0.317. The monoisotopic (exact) mass is 544 g/mol. The maximum Gasteiger partial charge on any atom is 0.312 e. The van der Waals surface area contributed by atoms with Crippen molar-refractivity contribution in [3.05, 3.63) is 70.8 Å². The second-order valence-electron chi connectivity index (χ2n) is 9.90. The molecule has 0 spiro atoms. The summed E-state index contributed by atoms with van der Waals surface area (Å²) in [5, 5.41) is 16.8. The molecule has 1 aliphatic rings. The van der Waals surface area contributed by atoms with Gasteiger partial charge in [0.2, 0.25) is 5.91 Å². The number of amides is 3. The first-order chi connectivity index (χ1) is 18.7. The van der Waals surface area contributed by atoms with Gasteiger partial charge in [0.25, 0.3) is 0 Å². The van der Waals surface area contributed by atoms with Crippen molar-refractivity contribution >= 4 is 17.7 Å². The molecule has 2 atom stereocenters. The summed E-state index contributed by atoms with van der Waals surface area (Å²) in [4.78, 5) is 40.6. The summed E-state index contributed by atoms with van der Waals surface area (Å²) in [6.45, 7) is 5.35. The van der Waals surface area contributed by atoms with Gasteiger partial charge in [0, 0.05) is 38.8 Å². The number of aliphatic hydroxyl groups is 1.